The molecule has 50 heavy (non-hydrogen) atoms. The monoisotopic (exact) mass is 701 g/mol. The second kappa shape index (κ2) is 39.2. The lowest BCUT2D eigenvalue weighted by Gasteiger charge is -2.18. The molecule has 0 aliphatic carbocycles. The van der Waals surface area contributed by atoms with E-state index < -0.39 is 6.10 Å². The molecular weight excluding hydrogens is 624 g/mol. The summed E-state index contributed by atoms with van der Waals surface area (Å²) in [5.41, 5.74) is 0. The minimum Gasteiger partial charge on any atom is -0.462 e. The molecule has 0 fully saturated rings. The minimum absolute atomic E-state index is 0.111. The van der Waals surface area contributed by atoms with Crippen LogP contribution in [0.5, 0.6) is 0 Å². The second-order valence-corrected chi connectivity index (χ2v) is 13.5. The molecule has 1 atom stereocenters. The molecule has 0 bridgehead atoms. The summed E-state index contributed by atoms with van der Waals surface area (Å²) in [5.74, 6) is -1.03. The van der Waals surface area contributed by atoms with Crippen molar-refractivity contribution in [1.82, 2.24) is 0 Å². The maximum absolute atomic E-state index is 12.6. The Morgan fingerprint density at radius 3 is 1.38 bits per heavy atom. The van der Waals surface area contributed by atoms with Gasteiger partial charge in [0.2, 0.25) is 0 Å². The number of hydrogen-bond acceptors (Lipinski definition) is 6. The van der Waals surface area contributed by atoms with Crippen LogP contribution in [0.4, 0.5) is 0 Å². The maximum atomic E-state index is 12.6. The summed E-state index contributed by atoms with van der Waals surface area (Å²) in [5, 5.41) is 0. The highest BCUT2D eigenvalue weighted by Gasteiger charge is 2.19. The summed E-state index contributed by atoms with van der Waals surface area (Å²) in [6.07, 6.45) is 44.0. The number of ether oxygens (including phenoxy) is 3. The Kier molecular flexibility index (Phi) is 37.1. The predicted molar refractivity (Wildman–Crippen MR) is 210 cm³/mol. The number of rotatable bonds is 36. The Labute approximate surface area is 307 Å². The fourth-order valence-corrected chi connectivity index (χ4v) is 5.36. The van der Waals surface area contributed by atoms with Crippen LogP contribution in [0.1, 0.15) is 194 Å². The molecule has 0 saturated heterocycles. The highest BCUT2D eigenvalue weighted by Crippen LogP contribution is 2.11. The Morgan fingerprint density at radius 2 is 0.800 bits per heavy atom. The zero-order chi connectivity index (χ0) is 36.6. The summed E-state index contributed by atoms with van der Waals surface area (Å²) >= 11 is 0. The summed E-state index contributed by atoms with van der Waals surface area (Å²) in [7, 11) is 0. The van der Waals surface area contributed by atoms with Crippen LogP contribution in [0.3, 0.4) is 0 Å². The van der Waals surface area contributed by atoms with Crippen LogP contribution in [-0.4, -0.2) is 37.2 Å². The van der Waals surface area contributed by atoms with Crippen molar-refractivity contribution in [3.05, 3.63) is 48.6 Å². The van der Waals surface area contributed by atoms with Crippen molar-refractivity contribution in [2.45, 2.75) is 200 Å². The van der Waals surface area contributed by atoms with Crippen LogP contribution < -0.4 is 0 Å². The highest BCUT2D eigenvalue weighted by molar-refractivity contribution is 5.71. The predicted octanol–water partition coefficient (Wildman–Crippen LogP) is 12.8. The Morgan fingerprint density at radius 1 is 0.400 bits per heavy atom. The van der Waals surface area contributed by atoms with Crippen molar-refractivity contribution in [3.8, 4) is 0 Å². The van der Waals surface area contributed by atoms with E-state index in [0.29, 0.717) is 25.7 Å². The molecule has 0 aliphatic heterocycles. The van der Waals surface area contributed by atoms with Gasteiger partial charge in [0.1, 0.15) is 13.2 Å². The molecule has 288 valence electrons. The average Bonchev–Trinajstić information content (AvgIpc) is 3.11. The van der Waals surface area contributed by atoms with E-state index >= 15 is 0 Å². The van der Waals surface area contributed by atoms with Gasteiger partial charge in [0.05, 0.1) is 0 Å². The summed E-state index contributed by atoms with van der Waals surface area (Å²) < 4.78 is 16.5. The molecule has 0 amide bonds. The molecule has 0 saturated carbocycles. The minimum atomic E-state index is -0.806. The second-order valence-electron chi connectivity index (χ2n) is 13.5. The third-order valence-corrected chi connectivity index (χ3v) is 8.54. The average molecular weight is 701 g/mol. The number of esters is 3. The molecular formula is C44H76O6. The van der Waals surface area contributed by atoms with E-state index in [9.17, 15) is 14.4 Å². The standard InChI is InChI=1S/C44H76O6/c1-4-7-10-13-16-19-21-22-23-26-28-31-34-37-43(46)49-40-41(39-48-42(45)36-33-30-27-24-18-15-12-9-6-3)50-44(47)38-35-32-29-25-20-17-14-11-8-5-2/h14,17,22-24,27-28,31,41H,4-13,15-16,18-21,25-26,29-30,32-40H2,1-3H3/b17-14-,23-22-,27-24-,31-28-. The van der Waals surface area contributed by atoms with Crippen molar-refractivity contribution < 1.29 is 28.6 Å². The Hall–Kier alpha value is -2.63. The molecule has 6 heteroatoms. The molecule has 0 aromatic carbocycles. The van der Waals surface area contributed by atoms with Crippen LogP contribution in [0.15, 0.2) is 48.6 Å². The van der Waals surface area contributed by atoms with Gasteiger partial charge < -0.3 is 14.2 Å². The first kappa shape index (κ1) is 47.4. The number of carbonyl (C=O) groups excluding carboxylic acids is 3. The number of unbranched alkanes of at least 4 members (excludes halogenated alkanes) is 17. The first-order valence-corrected chi connectivity index (χ1v) is 20.6. The normalized spacial score (nSPS) is 12.5. The van der Waals surface area contributed by atoms with E-state index in [1.54, 1.807) is 0 Å². The van der Waals surface area contributed by atoms with Crippen LogP contribution in [0.2, 0.25) is 0 Å². The quantitative estimate of drug-likeness (QED) is 0.0280. The van der Waals surface area contributed by atoms with E-state index in [-0.39, 0.29) is 37.5 Å². The first-order valence-electron chi connectivity index (χ1n) is 20.6. The maximum Gasteiger partial charge on any atom is 0.306 e. The van der Waals surface area contributed by atoms with Gasteiger partial charge in [-0.25, -0.2) is 0 Å². The van der Waals surface area contributed by atoms with Crippen LogP contribution in [0, 0.1) is 0 Å². The lowest BCUT2D eigenvalue weighted by molar-refractivity contribution is -0.166. The Bertz CT molecular complexity index is 902. The van der Waals surface area contributed by atoms with E-state index in [0.717, 1.165) is 64.2 Å². The van der Waals surface area contributed by atoms with Gasteiger partial charge in [-0.3, -0.25) is 14.4 Å². The lowest BCUT2D eigenvalue weighted by Crippen LogP contribution is -2.30. The fraction of sp³-hybridized carbons (Fsp3) is 0.750. The van der Waals surface area contributed by atoms with Crippen molar-refractivity contribution >= 4 is 17.9 Å². The molecule has 0 N–H and O–H groups in total. The lowest BCUT2D eigenvalue weighted by atomic mass is 10.1. The van der Waals surface area contributed by atoms with Gasteiger partial charge in [0.25, 0.3) is 0 Å². The van der Waals surface area contributed by atoms with Gasteiger partial charge in [0.15, 0.2) is 6.10 Å². The highest BCUT2D eigenvalue weighted by atomic mass is 16.6. The number of hydrogen-bond donors (Lipinski definition) is 0. The van der Waals surface area contributed by atoms with Gasteiger partial charge in [0, 0.05) is 19.3 Å². The van der Waals surface area contributed by atoms with Crippen molar-refractivity contribution in [2.75, 3.05) is 13.2 Å². The van der Waals surface area contributed by atoms with E-state index in [2.05, 4.69) is 63.3 Å². The van der Waals surface area contributed by atoms with Crippen molar-refractivity contribution in [2.24, 2.45) is 0 Å². The van der Waals surface area contributed by atoms with E-state index in [1.807, 2.05) is 6.08 Å². The van der Waals surface area contributed by atoms with Gasteiger partial charge >= 0.3 is 17.9 Å². The van der Waals surface area contributed by atoms with Gasteiger partial charge in [-0.1, -0.05) is 146 Å². The van der Waals surface area contributed by atoms with Gasteiger partial charge in [-0.15, -0.1) is 0 Å². The number of allylic oxidation sites excluding steroid dienone is 8. The third kappa shape index (κ3) is 36.6. The van der Waals surface area contributed by atoms with Crippen molar-refractivity contribution in [1.29, 1.82) is 0 Å². The molecule has 1 unspecified atom stereocenters. The SMILES string of the molecule is CCCC/C=C\CCCCCCC(=O)OC(COC(=O)CC/C=C\C/C=C\CCCCCCCC)COC(=O)CCC/C=C\CCCCCC. The molecule has 6 nitrogen and oxygen atoms in total. The zero-order valence-electron chi connectivity index (χ0n) is 32.7. The van der Waals surface area contributed by atoms with E-state index in [1.165, 1.54) is 77.0 Å². The number of carbonyl (C=O) groups is 3. The van der Waals surface area contributed by atoms with Gasteiger partial charge in [-0.05, 0) is 77.0 Å². The Balaban J connectivity index is 4.49. The molecule has 0 aromatic rings. The largest absolute Gasteiger partial charge is 0.462 e. The molecule has 0 aliphatic rings. The molecule has 0 rings (SSSR count). The summed E-state index contributed by atoms with van der Waals surface area (Å²) in [4.78, 5) is 37.4. The topological polar surface area (TPSA) is 78.9 Å². The zero-order valence-corrected chi connectivity index (χ0v) is 32.7. The van der Waals surface area contributed by atoms with E-state index in [4.69, 9.17) is 14.2 Å². The third-order valence-electron chi connectivity index (χ3n) is 8.54. The van der Waals surface area contributed by atoms with Crippen LogP contribution in [-0.2, 0) is 28.6 Å². The fourth-order valence-electron chi connectivity index (χ4n) is 5.36. The van der Waals surface area contributed by atoms with Crippen LogP contribution in [0.25, 0.3) is 0 Å². The first-order chi connectivity index (χ1) is 24.5. The molecule has 0 heterocycles. The van der Waals surface area contributed by atoms with Gasteiger partial charge in [-0.2, -0.15) is 0 Å². The van der Waals surface area contributed by atoms with Crippen LogP contribution >= 0.6 is 0 Å². The molecule has 0 aromatic heterocycles. The smallest absolute Gasteiger partial charge is 0.306 e. The summed E-state index contributed by atoms with van der Waals surface area (Å²) in [6, 6.07) is 0. The molecule has 0 radical (unpaired) electrons. The summed E-state index contributed by atoms with van der Waals surface area (Å²) in [6.45, 7) is 6.43. The van der Waals surface area contributed by atoms with Crippen molar-refractivity contribution in [3.63, 3.8) is 0 Å². The molecule has 0 spiro atoms.